The first kappa shape index (κ1) is 19.5. The molecule has 1 aromatic heterocycles. The molecule has 1 amide bonds. The smallest absolute Gasteiger partial charge is 0.236 e. The number of hydrogen-bond donors (Lipinski definition) is 1. The minimum absolute atomic E-state index is 0.0337. The van der Waals surface area contributed by atoms with Crippen molar-refractivity contribution in [3.63, 3.8) is 0 Å². The molecule has 1 N–H and O–H groups in total. The van der Waals surface area contributed by atoms with Gasteiger partial charge in [0.25, 0.3) is 0 Å². The van der Waals surface area contributed by atoms with Gasteiger partial charge in [0.2, 0.25) is 5.91 Å². The fraction of sp³-hybridized carbons (Fsp3) is 0.190. The minimum atomic E-state index is -0.191. The van der Waals surface area contributed by atoms with Crippen LogP contribution in [-0.4, -0.2) is 24.4 Å². The quantitative estimate of drug-likeness (QED) is 0.609. The van der Waals surface area contributed by atoms with Crippen LogP contribution in [0.1, 0.15) is 22.9 Å². The van der Waals surface area contributed by atoms with Gasteiger partial charge in [0, 0.05) is 13.6 Å². The highest BCUT2D eigenvalue weighted by Gasteiger charge is 2.19. The second-order valence-corrected chi connectivity index (χ2v) is 7.05. The van der Waals surface area contributed by atoms with Gasteiger partial charge in [-0.25, -0.2) is 0 Å². The molecule has 0 aliphatic carbocycles. The molecule has 0 unspecified atom stereocenters. The van der Waals surface area contributed by atoms with Gasteiger partial charge in [-0.1, -0.05) is 59.6 Å². The zero-order valence-corrected chi connectivity index (χ0v) is 16.4. The molecule has 1 atom stereocenters. The number of likely N-dealkylation sites (N-methyl/N-ethyl adjacent to an activating group) is 1. The van der Waals surface area contributed by atoms with E-state index < -0.39 is 0 Å². The van der Waals surface area contributed by atoms with E-state index >= 15 is 0 Å². The summed E-state index contributed by atoms with van der Waals surface area (Å²) in [6, 6.07) is 18.8. The van der Waals surface area contributed by atoms with Crippen molar-refractivity contribution < 1.29 is 9.21 Å². The number of halogens is 2. The zero-order valence-electron chi connectivity index (χ0n) is 14.9. The molecule has 0 radical (unpaired) electrons. The van der Waals surface area contributed by atoms with Gasteiger partial charge in [0.15, 0.2) is 0 Å². The first-order valence-electron chi connectivity index (χ1n) is 8.54. The highest BCUT2D eigenvalue weighted by Crippen LogP contribution is 2.24. The number of nitrogens with one attached hydrogen (secondary N) is 1. The third kappa shape index (κ3) is 5.13. The van der Waals surface area contributed by atoms with Gasteiger partial charge in [0.05, 0.1) is 28.9 Å². The van der Waals surface area contributed by atoms with Crippen LogP contribution in [0.25, 0.3) is 0 Å². The van der Waals surface area contributed by atoms with Crippen LogP contribution in [0.4, 0.5) is 0 Å². The summed E-state index contributed by atoms with van der Waals surface area (Å²) in [7, 11) is 1.76. The second-order valence-electron chi connectivity index (χ2n) is 6.24. The Morgan fingerprint density at radius 1 is 1.07 bits per heavy atom. The highest BCUT2D eigenvalue weighted by atomic mass is 35.5. The maximum absolute atomic E-state index is 12.6. The van der Waals surface area contributed by atoms with Crippen LogP contribution in [0.2, 0.25) is 10.0 Å². The number of amides is 1. The number of carbonyl (C=O) groups is 1. The summed E-state index contributed by atoms with van der Waals surface area (Å²) in [4.78, 5) is 14.2. The van der Waals surface area contributed by atoms with Crippen molar-refractivity contribution in [1.29, 1.82) is 0 Å². The van der Waals surface area contributed by atoms with Gasteiger partial charge >= 0.3 is 0 Å². The lowest BCUT2D eigenvalue weighted by Gasteiger charge is -2.21. The van der Waals surface area contributed by atoms with E-state index in [1.807, 2.05) is 48.5 Å². The van der Waals surface area contributed by atoms with Crippen molar-refractivity contribution in [2.24, 2.45) is 0 Å². The van der Waals surface area contributed by atoms with E-state index in [0.717, 1.165) is 16.9 Å². The van der Waals surface area contributed by atoms with Crippen molar-refractivity contribution in [2.45, 2.75) is 12.6 Å². The number of furan rings is 1. The number of nitrogens with zero attached hydrogens (tertiary/aromatic N) is 1. The molecular weight excluding hydrogens is 383 g/mol. The maximum atomic E-state index is 12.6. The van der Waals surface area contributed by atoms with Crippen LogP contribution in [0.5, 0.6) is 0 Å². The molecule has 0 saturated carbocycles. The van der Waals surface area contributed by atoms with Gasteiger partial charge in [-0.2, -0.15) is 0 Å². The van der Waals surface area contributed by atoms with E-state index in [4.69, 9.17) is 27.6 Å². The Bertz CT molecular complexity index is 882. The molecule has 1 heterocycles. The van der Waals surface area contributed by atoms with Crippen LogP contribution in [0.3, 0.4) is 0 Å². The van der Waals surface area contributed by atoms with Crippen molar-refractivity contribution in [1.82, 2.24) is 10.2 Å². The van der Waals surface area contributed by atoms with Gasteiger partial charge in [0.1, 0.15) is 5.76 Å². The Morgan fingerprint density at radius 3 is 2.52 bits per heavy atom. The fourth-order valence-electron chi connectivity index (χ4n) is 2.81. The first-order valence-corrected chi connectivity index (χ1v) is 9.30. The zero-order chi connectivity index (χ0) is 19.2. The summed E-state index contributed by atoms with van der Waals surface area (Å²) in [5.41, 5.74) is 1.96. The molecule has 27 heavy (non-hydrogen) atoms. The number of hydrogen-bond acceptors (Lipinski definition) is 3. The van der Waals surface area contributed by atoms with Crippen molar-refractivity contribution >= 4 is 29.1 Å². The third-order valence-corrected chi connectivity index (χ3v) is 4.99. The van der Waals surface area contributed by atoms with E-state index in [2.05, 4.69) is 5.32 Å². The molecule has 6 heteroatoms. The van der Waals surface area contributed by atoms with Gasteiger partial charge in [-0.05, 0) is 35.4 Å². The van der Waals surface area contributed by atoms with E-state index in [-0.39, 0.29) is 18.5 Å². The Morgan fingerprint density at radius 2 is 1.85 bits per heavy atom. The van der Waals surface area contributed by atoms with Crippen LogP contribution >= 0.6 is 23.2 Å². The minimum Gasteiger partial charge on any atom is -0.467 e. The number of benzene rings is 2. The molecule has 2 aromatic carbocycles. The Kier molecular flexibility index (Phi) is 6.56. The van der Waals surface area contributed by atoms with Gasteiger partial charge in [-0.3, -0.25) is 10.1 Å². The maximum Gasteiger partial charge on any atom is 0.236 e. The molecule has 3 aromatic rings. The predicted molar refractivity (Wildman–Crippen MR) is 108 cm³/mol. The molecule has 140 valence electrons. The third-order valence-electron chi connectivity index (χ3n) is 4.25. The topological polar surface area (TPSA) is 45.5 Å². The summed E-state index contributed by atoms with van der Waals surface area (Å²) in [5.74, 6) is 0.731. The lowest BCUT2D eigenvalue weighted by Crippen LogP contribution is -2.37. The Balaban J connectivity index is 1.64. The first-order chi connectivity index (χ1) is 13.0. The van der Waals surface area contributed by atoms with Crippen molar-refractivity contribution in [3.05, 3.63) is 93.9 Å². The standard InChI is InChI=1S/C21H20Cl2N2O2/c1-25(14-15-9-10-17(22)18(23)12-15)20(26)13-24-21(19-8-5-11-27-19)16-6-3-2-4-7-16/h2-12,21,24H,13-14H2,1H3/t21-/m0/s1. The Labute approximate surface area is 168 Å². The average molecular weight is 403 g/mol. The predicted octanol–water partition coefficient (Wildman–Crippen LogP) is 4.92. The molecule has 0 fully saturated rings. The van der Waals surface area contributed by atoms with Crippen LogP contribution in [0, 0.1) is 0 Å². The summed E-state index contributed by atoms with van der Waals surface area (Å²) in [5, 5.41) is 4.28. The molecule has 0 saturated heterocycles. The summed E-state index contributed by atoms with van der Waals surface area (Å²) in [6.45, 7) is 0.631. The normalized spacial score (nSPS) is 12.0. The Hall–Kier alpha value is -2.27. The largest absolute Gasteiger partial charge is 0.467 e. The lowest BCUT2D eigenvalue weighted by molar-refractivity contribution is -0.129. The lowest BCUT2D eigenvalue weighted by atomic mass is 10.0. The average Bonchev–Trinajstić information content (AvgIpc) is 3.20. The number of rotatable bonds is 7. The van der Waals surface area contributed by atoms with Gasteiger partial charge in [-0.15, -0.1) is 0 Å². The molecule has 3 rings (SSSR count). The molecule has 0 aliphatic heterocycles. The van der Waals surface area contributed by atoms with E-state index in [0.29, 0.717) is 16.6 Å². The summed E-state index contributed by atoms with van der Waals surface area (Å²) in [6.07, 6.45) is 1.63. The van der Waals surface area contributed by atoms with E-state index in [1.54, 1.807) is 30.3 Å². The van der Waals surface area contributed by atoms with E-state index in [9.17, 15) is 4.79 Å². The van der Waals surface area contributed by atoms with E-state index in [1.165, 1.54) is 0 Å². The number of carbonyl (C=O) groups excluding carboxylic acids is 1. The van der Waals surface area contributed by atoms with Gasteiger partial charge < -0.3 is 9.32 Å². The van der Waals surface area contributed by atoms with Crippen LogP contribution in [-0.2, 0) is 11.3 Å². The second kappa shape index (κ2) is 9.09. The monoisotopic (exact) mass is 402 g/mol. The van der Waals surface area contributed by atoms with Crippen LogP contribution in [0.15, 0.2) is 71.3 Å². The molecule has 0 bridgehead atoms. The molecular formula is C21H20Cl2N2O2. The fourth-order valence-corrected chi connectivity index (χ4v) is 3.13. The summed E-state index contributed by atoms with van der Waals surface area (Å²) < 4.78 is 5.55. The molecule has 4 nitrogen and oxygen atoms in total. The molecule has 0 spiro atoms. The molecule has 0 aliphatic rings. The van der Waals surface area contributed by atoms with Crippen LogP contribution < -0.4 is 5.32 Å². The van der Waals surface area contributed by atoms with Crippen molar-refractivity contribution in [3.8, 4) is 0 Å². The summed E-state index contributed by atoms with van der Waals surface area (Å²) >= 11 is 12.0. The SMILES string of the molecule is CN(Cc1ccc(Cl)c(Cl)c1)C(=O)CN[C@@H](c1ccccc1)c1ccco1. The highest BCUT2D eigenvalue weighted by molar-refractivity contribution is 6.42. The van der Waals surface area contributed by atoms with Crippen molar-refractivity contribution in [2.75, 3.05) is 13.6 Å².